The van der Waals surface area contributed by atoms with Gasteiger partial charge >= 0.3 is 0 Å². The maximum absolute atomic E-state index is 12.7. The van der Waals surface area contributed by atoms with Crippen molar-refractivity contribution < 1.29 is 13.2 Å². The molecule has 0 aromatic rings. The third-order valence-corrected chi connectivity index (χ3v) is 6.73. The molecular formula is C13H21N3O3S. The number of morpholine rings is 1. The fourth-order valence-electron chi connectivity index (χ4n) is 3.22. The Morgan fingerprint density at radius 3 is 2.80 bits per heavy atom. The average Bonchev–Trinajstić information content (AvgIpc) is 3.17. The van der Waals surface area contributed by atoms with Gasteiger partial charge in [0.1, 0.15) is 0 Å². The van der Waals surface area contributed by atoms with Gasteiger partial charge in [0.15, 0.2) is 0 Å². The van der Waals surface area contributed by atoms with Crippen LogP contribution in [0.1, 0.15) is 19.3 Å². The monoisotopic (exact) mass is 299 g/mol. The first kappa shape index (κ1) is 14.3. The highest BCUT2D eigenvalue weighted by Crippen LogP contribution is 2.46. The maximum atomic E-state index is 12.7. The third kappa shape index (κ3) is 2.58. The molecule has 0 N–H and O–H groups in total. The molecule has 1 aliphatic carbocycles. The molecule has 0 aromatic heterocycles. The van der Waals surface area contributed by atoms with Crippen LogP contribution in [0.15, 0.2) is 0 Å². The van der Waals surface area contributed by atoms with Crippen molar-refractivity contribution >= 4 is 10.0 Å². The number of nitriles is 1. The zero-order valence-corrected chi connectivity index (χ0v) is 12.6. The van der Waals surface area contributed by atoms with E-state index in [-0.39, 0.29) is 17.9 Å². The number of ether oxygens (including phenoxy) is 1. The molecule has 2 unspecified atom stereocenters. The van der Waals surface area contributed by atoms with Gasteiger partial charge < -0.3 is 9.64 Å². The molecule has 0 aromatic carbocycles. The number of hydrogen-bond acceptors (Lipinski definition) is 5. The molecule has 2 aliphatic heterocycles. The lowest BCUT2D eigenvalue weighted by molar-refractivity contribution is -0.0720. The standard InChI is InChI=1S/C13H21N3O3S/c1-15-5-2-12-11(8-15)16(6-7-19-12)20(17,18)10-13(9-14)3-4-13/h11-12H,2-8,10H2,1H3. The molecule has 2 heterocycles. The van der Waals surface area contributed by atoms with Crippen LogP contribution in [0.25, 0.3) is 0 Å². The molecule has 0 radical (unpaired) electrons. The summed E-state index contributed by atoms with van der Waals surface area (Å²) in [5, 5.41) is 9.13. The van der Waals surface area contributed by atoms with Gasteiger partial charge in [0.2, 0.25) is 10.0 Å². The first-order valence-corrected chi connectivity index (χ1v) is 8.78. The summed E-state index contributed by atoms with van der Waals surface area (Å²) >= 11 is 0. The van der Waals surface area contributed by atoms with Crippen molar-refractivity contribution in [1.82, 2.24) is 9.21 Å². The number of nitrogens with zero attached hydrogens (tertiary/aromatic N) is 3. The molecule has 2 atom stereocenters. The van der Waals surface area contributed by atoms with Crippen molar-refractivity contribution in [1.29, 1.82) is 5.26 Å². The second kappa shape index (κ2) is 4.95. The SMILES string of the molecule is CN1CCC2OCCN(S(=O)(=O)CC3(C#N)CC3)C2C1. The normalized spacial score (nSPS) is 34.2. The van der Waals surface area contributed by atoms with Gasteiger partial charge in [0, 0.05) is 19.6 Å². The highest BCUT2D eigenvalue weighted by Gasteiger charge is 2.50. The first-order valence-electron chi connectivity index (χ1n) is 7.17. The van der Waals surface area contributed by atoms with Crippen molar-refractivity contribution in [2.45, 2.75) is 31.4 Å². The van der Waals surface area contributed by atoms with Crippen molar-refractivity contribution in [3.05, 3.63) is 0 Å². The van der Waals surface area contributed by atoms with Gasteiger partial charge in [-0.15, -0.1) is 0 Å². The van der Waals surface area contributed by atoms with Crippen molar-refractivity contribution in [2.75, 3.05) is 39.0 Å². The quantitative estimate of drug-likeness (QED) is 0.735. The molecule has 3 rings (SSSR count). The van der Waals surface area contributed by atoms with Gasteiger partial charge in [0.05, 0.1) is 36.0 Å². The molecule has 1 saturated carbocycles. The van der Waals surface area contributed by atoms with Crippen LogP contribution in [-0.4, -0.2) is 68.8 Å². The van der Waals surface area contributed by atoms with Crippen LogP contribution in [0.3, 0.4) is 0 Å². The van der Waals surface area contributed by atoms with Gasteiger partial charge in [-0.05, 0) is 26.3 Å². The second-order valence-corrected chi connectivity index (χ2v) is 8.21. The predicted molar refractivity (Wildman–Crippen MR) is 73.4 cm³/mol. The topological polar surface area (TPSA) is 73.6 Å². The number of sulfonamides is 1. The predicted octanol–water partition coefficient (Wildman–Crippen LogP) is 0.0249. The molecule has 0 spiro atoms. The molecule has 0 bridgehead atoms. The van der Waals surface area contributed by atoms with Crippen LogP contribution >= 0.6 is 0 Å². The fourth-order valence-corrected chi connectivity index (χ4v) is 5.40. The van der Waals surface area contributed by atoms with E-state index >= 15 is 0 Å². The second-order valence-electron chi connectivity index (χ2n) is 6.29. The molecule has 20 heavy (non-hydrogen) atoms. The van der Waals surface area contributed by atoms with Crippen LogP contribution in [-0.2, 0) is 14.8 Å². The minimum absolute atomic E-state index is 0.00645. The minimum atomic E-state index is -3.38. The summed E-state index contributed by atoms with van der Waals surface area (Å²) in [5.74, 6) is -0.0244. The summed E-state index contributed by atoms with van der Waals surface area (Å²) in [5.41, 5.74) is -0.618. The summed E-state index contributed by atoms with van der Waals surface area (Å²) in [6, 6.07) is 2.09. The highest BCUT2D eigenvalue weighted by atomic mass is 32.2. The van der Waals surface area contributed by atoms with Crippen LogP contribution in [0.2, 0.25) is 0 Å². The zero-order valence-electron chi connectivity index (χ0n) is 11.8. The number of hydrogen-bond donors (Lipinski definition) is 0. The van der Waals surface area contributed by atoms with E-state index in [1.54, 1.807) is 4.31 Å². The minimum Gasteiger partial charge on any atom is -0.375 e. The summed E-state index contributed by atoms with van der Waals surface area (Å²) in [4.78, 5) is 2.15. The van der Waals surface area contributed by atoms with E-state index in [0.29, 0.717) is 32.5 Å². The Balaban J connectivity index is 1.79. The number of piperidine rings is 1. The molecule has 0 amide bonds. The average molecular weight is 299 g/mol. The number of likely N-dealkylation sites (tertiary alicyclic amines) is 1. The largest absolute Gasteiger partial charge is 0.375 e. The van der Waals surface area contributed by atoms with Gasteiger partial charge in [-0.1, -0.05) is 0 Å². The van der Waals surface area contributed by atoms with Crippen LogP contribution < -0.4 is 0 Å². The molecule has 2 saturated heterocycles. The zero-order chi connectivity index (χ0) is 14.4. The van der Waals surface area contributed by atoms with Crippen molar-refractivity contribution in [3.8, 4) is 6.07 Å². The molecule has 3 fully saturated rings. The Morgan fingerprint density at radius 2 is 2.15 bits per heavy atom. The fraction of sp³-hybridized carbons (Fsp3) is 0.923. The lowest BCUT2D eigenvalue weighted by atomic mass is 10.0. The van der Waals surface area contributed by atoms with Gasteiger partial charge in [-0.25, -0.2) is 8.42 Å². The number of rotatable bonds is 3. The Kier molecular flexibility index (Phi) is 3.53. The number of fused-ring (bicyclic) bond motifs is 1. The highest BCUT2D eigenvalue weighted by molar-refractivity contribution is 7.89. The smallest absolute Gasteiger partial charge is 0.216 e. The first-order chi connectivity index (χ1) is 9.46. The Bertz CT molecular complexity index is 523. The molecule has 6 nitrogen and oxygen atoms in total. The Morgan fingerprint density at radius 1 is 1.40 bits per heavy atom. The molecule has 7 heteroatoms. The molecular weight excluding hydrogens is 278 g/mol. The van der Waals surface area contributed by atoms with Crippen molar-refractivity contribution in [3.63, 3.8) is 0 Å². The van der Waals surface area contributed by atoms with Gasteiger partial charge in [-0.3, -0.25) is 0 Å². The van der Waals surface area contributed by atoms with Crippen LogP contribution in [0, 0.1) is 16.7 Å². The number of likely N-dealkylation sites (N-methyl/N-ethyl adjacent to an activating group) is 1. The summed E-state index contributed by atoms with van der Waals surface area (Å²) < 4.78 is 32.7. The summed E-state index contributed by atoms with van der Waals surface area (Å²) in [6.45, 7) is 2.53. The Hall–Kier alpha value is -0.680. The molecule has 112 valence electrons. The van der Waals surface area contributed by atoms with Crippen LogP contribution in [0.5, 0.6) is 0 Å². The van der Waals surface area contributed by atoms with E-state index < -0.39 is 15.4 Å². The van der Waals surface area contributed by atoms with E-state index in [1.165, 1.54) is 0 Å². The van der Waals surface area contributed by atoms with Gasteiger partial charge in [0.25, 0.3) is 0 Å². The maximum Gasteiger partial charge on any atom is 0.216 e. The lowest BCUT2D eigenvalue weighted by Crippen LogP contribution is -2.61. The molecule has 3 aliphatic rings. The van der Waals surface area contributed by atoms with E-state index in [2.05, 4.69) is 11.0 Å². The van der Waals surface area contributed by atoms with Crippen LogP contribution in [0.4, 0.5) is 0 Å². The van der Waals surface area contributed by atoms with Crippen molar-refractivity contribution in [2.24, 2.45) is 5.41 Å². The van der Waals surface area contributed by atoms with E-state index in [4.69, 9.17) is 10.00 Å². The Labute approximate surface area is 120 Å². The van der Waals surface area contributed by atoms with Gasteiger partial charge in [-0.2, -0.15) is 9.57 Å². The lowest BCUT2D eigenvalue weighted by Gasteiger charge is -2.45. The van der Waals surface area contributed by atoms with E-state index in [9.17, 15) is 8.42 Å². The summed E-state index contributed by atoms with van der Waals surface area (Å²) in [6.07, 6.45) is 2.30. The van der Waals surface area contributed by atoms with E-state index in [1.807, 2.05) is 7.05 Å². The third-order valence-electron chi connectivity index (χ3n) is 4.64. The van der Waals surface area contributed by atoms with E-state index in [0.717, 1.165) is 13.0 Å². The summed E-state index contributed by atoms with van der Waals surface area (Å²) in [7, 11) is -1.37.